The van der Waals surface area contributed by atoms with E-state index in [0.717, 1.165) is 36.9 Å². The van der Waals surface area contributed by atoms with Crippen LogP contribution in [0.3, 0.4) is 0 Å². The number of fused-ring (bicyclic) bond motifs is 2. The Morgan fingerprint density at radius 1 is 1.00 bits per heavy atom. The molecular formula is C21H26N4O4S. The van der Waals surface area contributed by atoms with Crippen molar-refractivity contribution < 1.29 is 17.9 Å². The predicted octanol–water partition coefficient (Wildman–Crippen LogP) is 3.15. The molecule has 0 N–H and O–H groups in total. The number of pyridine rings is 1. The Balaban J connectivity index is 1.31. The zero-order chi connectivity index (χ0) is 20.9. The molecule has 3 atom stereocenters. The molecule has 1 aliphatic carbocycles. The van der Waals surface area contributed by atoms with Gasteiger partial charge in [0, 0.05) is 31.1 Å². The first-order valence-corrected chi connectivity index (χ1v) is 12.0. The van der Waals surface area contributed by atoms with E-state index in [0.29, 0.717) is 30.4 Å². The molecular weight excluding hydrogens is 404 g/mol. The second kappa shape index (κ2) is 7.46. The third-order valence-corrected chi connectivity index (χ3v) is 8.80. The fourth-order valence-corrected chi connectivity index (χ4v) is 6.90. The number of nitrogens with zero attached hydrogens (tertiary/aromatic N) is 4. The van der Waals surface area contributed by atoms with Crippen molar-refractivity contribution in [2.75, 3.05) is 0 Å². The van der Waals surface area contributed by atoms with Crippen LogP contribution in [0, 0.1) is 13.8 Å². The Hall–Kier alpha value is -2.26. The van der Waals surface area contributed by atoms with Crippen LogP contribution in [0.4, 0.5) is 0 Å². The molecule has 0 radical (unpaired) electrons. The molecule has 160 valence electrons. The molecule has 2 aliphatic heterocycles. The monoisotopic (exact) mass is 430 g/mol. The van der Waals surface area contributed by atoms with Crippen LogP contribution in [0.5, 0.6) is 17.5 Å². The van der Waals surface area contributed by atoms with E-state index in [9.17, 15) is 8.42 Å². The van der Waals surface area contributed by atoms with Crippen LogP contribution in [0.15, 0.2) is 24.7 Å². The lowest BCUT2D eigenvalue weighted by atomic mass is 10.0. The summed E-state index contributed by atoms with van der Waals surface area (Å²) in [5.41, 5.74) is 1.50. The molecule has 0 spiro atoms. The minimum Gasteiger partial charge on any atom is -0.474 e. The predicted molar refractivity (Wildman–Crippen MR) is 110 cm³/mol. The largest absolute Gasteiger partial charge is 0.474 e. The molecule has 3 fully saturated rings. The topological polar surface area (TPSA) is 94.5 Å². The van der Waals surface area contributed by atoms with Crippen LogP contribution >= 0.6 is 0 Å². The average Bonchev–Trinajstić information content (AvgIpc) is 3.53. The first-order valence-electron chi connectivity index (χ1n) is 10.5. The highest BCUT2D eigenvalue weighted by Crippen LogP contribution is 2.44. The van der Waals surface area contributed by atoms with Gasteiger partial charge in [0.25, 0.3) is 0 Å². The number of hydrogen-bond acceptors (Lipinski definition) is 7. The van der Waals surface area contributed by atoms with Crippen molar-refractivity contribution in [1.29, 1.82) is 0 Å². The summed E-state index contributed by atoms with van der Waals surface area (Å²) in [6.45, 7) is 3.75. The molecule has 9 heteroatoms. The van der Waals surface area contributed by atoms with E-state index in [2.05, 4.69) is 15.0 Å². The van der Waals surface area contributed by atoms with E-state index in [1.807, 2.05) is 26.0 Å². The Morgan fingerprint density at radius 3 is 2.37 bits per heavy atom. The summed E-state index contributed by atoms with van der Waals surface area (Å²) in [5.74, 6) is 1.57. The molecule has 1 saturated carbocycles. The van der Waals surface area contributed by atoms with Gasteiger partial charge in [-0.3, -0.25) is 4.98 Å². The molecule has 2 aromatic rings. The smallest absolute Gasteiger partial charge is 0.229 e. The van der Waals surface area contributed by atoms with Gasteiger partial charge in [-0.25, -0.2) is 18.4 Å². The van der Waals surface area contributed by atoms with Crippen LogP contribution in [0.1, 0.15) is 49.8 Å². The summed E-state index contributed by atoms with van der Waals surface area (Å²) in [7, 11) is -3.15. The highest BCUT2D eigenvalue weighted by molar-refractivity contribution is 7.90. The van der Waals surface area contributed by atoms with E-state index >= 15 is 0 Å². The second-order valence-electron chi connectivity index (χ2n) is 8.47. The van der Waals surface area contributed by atoms with Crippen molar-refractivity contribution >= 4 is 10.0 Å². The molecule has 5 rings (SSSR count). The van der Waals surface area contributed by atoms with Crippen LogP contribution in [0.25, 0.3) is 0 Å². The number of aryl methyl sites for hydroxylation is 1. The Morgan fingerprint density at radius 2 is 1.70 bits per heavy atom. The molecule has 3 aliphatic rings. The van der Waals surface area contributed by atoms with Crippen molar-refractivity contribution in [3.8, 4) is 17.5 Å². The van der Waals surface area contributed by atoms with Crippen molar-refractivity contribution in [1.82, 2.24) is 19.3 Å². The van der Waals surface area contributed by atoms with Gasteiger partial charge in [0.05, 0.1) is 16.5 Å². The van der Waals surface area contributed by atoms with E-state index < -0.39 is 10.0 Å². The van der Waals surface area contributed by atoms with Gasteiger partial charge in [-0.05, 0) is 51.7 Å². The highest BCUT2D eigenvalue weighted by Gasteiger charge is 2.52. The molecule has 0 aromatic carbocycles. The lowest BCUT2D eigenvalue weighted by molar-refractivity contribution is 0.0906. The molecule has 2 aromatic heterocycles. The normalized spacial score (nSPS) is 26.5. The maximum Gasteiger partial charge on any atom is 0.229 e. The maximum absolute atomic E-state index is 12.8. The van der Waals surface area contributed by atoms with Gasteiger partial charge in [-0.15, -0.1) is 0 Å². The minimum atomic E-state index is -3.15. The van der Waals surface area contributed by atoms with Gasteiger partial charge >= 0.3 is 0 Å². The molecule has 30 heavy (non-hydrogen) atoms. The van der Waals surface area contributed by atoms with Gasteiger partial charge in [0.15, 0.2) is 5.75 Å². The number of hydrogen-bond donors (Lipinski definition) is 0. The fourth-order valence-electron chi connectivity index (χ4n) is 4.61. The number of ether oxygens (including phenoxy) is 2. The Kier molecular flexibility index (Phi) is 4.89. The molecule has 2 bridgehead atoms. The Labute approximate surface area is 176 Å². The minimum absolute atomic E-state index is 0.0373. The number of sulfonamides is 1. The highest BCUT2D eigenvalue weighted by atomic mass is 32.2. The third-order valence-electron chi connectivity index (χ3n) is 6.30. The summed E-state index contributed by atoms with van der Waals surface area (Å²) in [4.78, 5) is 12.8. The first kappa shape index (κ1) is 19.7. The van der Waals surface area contributed by atoms with Crippen molar-refractivity contribution in [2.45, 2.75) is 75.8 Å². The van der Waals surface area contributed by atoms with E-state index in [1.54, 1.807) is 10.5 Å². The number of piperidine rings is 1. The third kappa shape index (κ3) is 3.54. The van der Waals surface area contributed by atoms with Crippen LogP contribution in [-0.2, 0) is 10.0 Å². The molecule has 0 amide bonds. The van der Waals surface area contributed by atoms with Crippen LogP contribution in [-0.4, -0.2) is 51.1 Å². The van der Waals surface area contributed by atoms with Gasteiger partial charge < -0.3 is 9.47 Å². The van der Waals surface area contributed by atoms with Crippen LogP contribution in [0.2, 0.25) is 0 Å². The Bertz CT molecular complexity index is 1040. The van der Waals surface area contributed by atoms with E-state index in [4.69, 9.17) is 9.47 Å². The molecule has 1 unspecified atom stereocenters. The van der Waals surface area contributed by atoms with Crippen molar-refractivity contribution in [3.63, 3.8) is 0 Å². The lowest BCUT2D eigenvalue weighted by Gasteiger charge is -2.37. The van der Waals surface area contributed by atoms with E-state index in [-0.39, 0.29) is 23.4 Å². The zero-order valence-corrected chi connectivity index (χ0v) is 18.0. The number of aromatic nitrogens is 3. The first-order chi connectivity index (χ1) is 14.4. The second-order valence-corrected chi connectivity index (χ2v) is 10.6. The fraction of sp³-hybridized carbons (Fsp3) is 0.571. The molecule has 2 saturated heterocycles. The van der Waals surface area contributed by atoms with Crippen molar-refractivity contribution in [2.24, 2.45) is 0 Å². The number of rotatable bonds is 6. The van der Waals surface area contributed by atoms with E-state index in [1.165, 1.54) is 6.33 Å². The van der Waals surface area contributed by atoms with Gasteiger partial charge in [0.1, 0.15) is 12.4 Å². The summed E-state index contributed by atoms with van der Waals surface area (Å²) in [6, 6.07) is 3.73. The molecule has 8 nitrogen and oxygen atoms in total. The van der Waals surface area contributed by atoms with Gasteiger partial charge in [0.2, 0.25) is 21.8 Å². The average molecular weight is 431 g/mol. The standard InChI is InChI=1S/C21H26N4O4S/c1-13-20(23-12-24-21(13)29-19-4-3-9-22-14(19)2)28-17-10-15-5-6-16(11-17)25(15)30(26,27)18-7-8-18/h3-4,9,12,15-18H,5-8,10-11H2,1-2H3/t15-,16+,17?. The molecule has 4 heterocycles. The SMILES string of the molecule is Cc1ncccc1Oc1ncnc(OC2C[C@H]3CC[C@@H](C2)N3S(=O)(=O)C2CC2)c1C. The summed E-state index contributed by atoms with van der Waals surface area (Å²) >= 11 is 0. The lowest BCUT2D eigenvalue weighted by Crippen LogP contribution is -2.50. The summed E-state index contributed by atoms with van der Waals surface area (Å²) < 4.78 is 39.6. The zero-order valence-electron chi connectivity index (χ0n) is 17.2. The van der Waals surface area contributed by atoms with Crippen molar-refractivity contribution in [3.05, 3.63) is 35.9 Å². The van der Waals surface area contributed by atoms with Gasteiger partial charge in [-0.2, -0.15) is 4.31 Å². The summed E-state index contributed by atoms with van der Waals surface area (Å²) in [6.07, 6.45) is 7.91. The maximum atomic E-state index is 12.8. The summed E-state index contributed by atoms with van der Waals surface area (Å²) in [5, 5.41) is -0.155. The quantitative estimate of drug-likeness (QED) is 0.695. The van der Waals surface area contributed by atoms with Crippen LogP contribution < -0.4 is 9.47 Å². The van der Waals surface area contributed by atoms with Gasteiger partial charge in [-0.1, -0.05) is 0 Å².